The van der Waals surface area contributed by atoms with E-state index in [1.54, 1.807) is 24.3 Å². The summed E-state index contributed by atoms with van der Waals surface area (Å²) in [6, 6.07) is 7.00. The average molecular weight is 262 g/mol. The summed E-state index contributed by atoms with van der Waals surface area (Å²) in [4.78, 5) is 11.1. The normalized spacial score (nSPS) is 11.1. The molecule has 0 radical (unpaired) electrons. The zero-order valence-corrected chi connectivity index (χ0v) is 9.79. The summed E-state index contributed by atoms with van der Waals surface area (Å²) in [7, 11) is 1.49. The average Bonchev–Trinajstić information content (AvgIpc) is 2.33. The molecular weight excluding hydrogens is 249 g/mol. The number of hydrogen-bond donors (Lipinski definition) is 0. The first kappa shape index (κ1) is 14.3. The van der Waals surface area contributed by atoms with Gasteiger partial charge in [-0.3, -0.25) is 4.79 Å². The molecule has 0 saturated carbocycles. The molecule has 0 aliphatic rings. The van der Waals surface area contributed by atoms with Crippen molar-refractivity contribution in [1.29, 1.82) is 0 Å². The molecule has 100 valence electrons. The second-order valence-corrected chi connectivity index (χ2v) is 3.59. The Labute approximate surface area is 103 Å². The third-order valence-electron chi connectivity index (χ3n) is 2.19. The molecule has 0 fully saturated rings. The fourth-order valence-corrected chi connectivity index (χ4v) is 1.38. The number of hydrogen-bond acceptors (Lipinski definition) is 3. The van der Waals surface area contributed by atoms with Crippen molar-refractivity contribution in [3.05, 3.63) is 29.8 Å². The van der Waals surface area contributed by atoms with Crippen LogP contribution < -0.4 is 4.74 Å². The van der Waals surface area contributed by atoms with E-state index in [1.807, 2.05) is 0 Å². The minimum absolute atomic E-state index is 0.115. The maximum Gasteiger partial charge on any atom is 0.422 e. The van der Waals surface area contributed by atoms with Crippen LogP contribution in [0.2, 0.25) is 0 Å². The van der Waals surface area contributed by atoms with Gasteiger partial charge in [0.15, 0.2) is 6.61 Å². The standard InChI is InChI=1S/C12H13F3O3/c1-17-10-5-3-2-4-9(10)6-7-11(16)18-8-12(13,14)15/h2-5H,6-8H2,1H3. The Morgan fingerprint density at radius 1 is 1.28 bits per heavy atom. The van der Waals surface area contributed by atoms with Gasteiger partial charge >= 0.3 is 12.1 Å². The molecule has 3 nitrogen and oxygen atoms in total. The number of ether oxygens (including phenoxy) is 2. The van der Waals surface area contributed by atoms with Crippen molar-refractivity contribution in [2.45, 2.75) is 19.0 Å². The molecular formula is C12H13F3O3. The van der Waals surface area contributed by atoms with Crippen molar-refractivity contribution in [1.82, 2.24) is 0 Å². The smallest absolute Gasteiger partial charge is 0.422 e. The molecule has 1 aromatic carbocycles. The highest BCUT2D eigenvalue weighted by Crippen LogP contribution is 2.19. The zero-order chi connectivity index (χ0) is 13.6. The lowest BCUT2D eigenvalue weighted by Crippen LogP contribution is -2.20. The number of esters is 1. The van der Waals surface area contributed by atoms with E-state index >= 15 is 0 Å². The van der Waals surface area contributed by atoms with Crippen molar-refractivity contribution < 1.29 is 27.4 Å². The molecule has 0 atom stereocenters. The van der Waals surface area contributed by atoms with Gasteiger partial charge in [0.2, 0.25) is 0 Å². The second-order valence-electron chi connectivity index (χ2n) is 3.59. The van der Waals surface area contributed by atoms with Crippen molar-refractivity contribution in [3.8, 4) is 5.75 Å². The van der Waals surface area contributed by atoms with Gasteiger partial charge in [-0.1, -0.05) is 18.2 Å². The van der Waals surface area contributed by atoms with Crippen LogP contribution in [0.15, 0.2) is 24.3 Å². The van der Waals surface area contributed by atoms with Crippen LogP contribution in [0.3, 0.4) is 0 Å². The van der Waals surface area contributed by atoms with Gasteiger partial charge in [0.05, 0.1) is 7.11 Å². The summed E-state index contributed by atoms with van der Waals surface area (Å²) in [5, 5.41) is 0. The minimum Gasteiger partial charge on any atom is -0.496 e. The lowest BCUT2D eigenvalue weighted by molar-refractivity contribution is -0.186. The Kier molecular flexibility index (Phi) is 5.00. The number of halogens is 3. The maximum absolute atomic E-state index is 11.8. The highest BCUT2D eigenvalue weighted by molar-refractivity contribution is 5.69. The molecule has 1 rings (SSSR count). The highest BCUT2D eigenvalue weighted by atomic mass is 19.4. The molecule has 0 unspecified atom stereocenters. The second kappa shape index (κ2) is 6.28. The Morgan fingerprint density at radius 2 is 1.94 bits per heavy atom. The molecule has 1 aromatic rings. The molecule has 0 aliphatic heterocycles. The van der Waals surface area contributed by atoms with Gasteiger partial charge in [-0.2, -0.15) is 13.2 Å². The van der Waals surface area contributed by atoms with Crippen LogP contribution >= 0.6 is 0 Å². The lowest BCUT2D eigenvalue weighted by atomic mass is 10.1. The monoisotopic (exact) mass is 262 g/mol. The van der Waals surface area contributed by atoms with Crippen LogP contribution in [0.25, 0.3) is 0 Å². The van der Waals surface area contributed by atoms with Crippen LogP contribution in [-0.4, -0.2) is 25.9 Å². The van der Waals surface area contributed by atoms with Gasteiger partial charge in [0.25, 0.3) is 0 Å². The van der Waals surface area contributed by atoms with Gasteiger partial charge in [0, 0.05) is 6.42 Å². The summed E-state index contributed by atoms with van der Waals surface area (Å²) in [6.45, 7) is -1.54. The number of para-hydroxylation sites is 1. The maximum atomic E-state index is 11.8. The summed E-state index contributed by atoms with van der Waals surface area (Å²) in [5.41, 5.74) is 0.754. The molecule has 18 heavy (non-hydrogen) atoms. The van der Waals surface area contributed by atoms with E-state index in [0.717, 1.165) is 5.56 Å². The fraction of sp³-hybridized carbons (Fsp3) is 0.417. The summed E-state index contributed by atoms with van der Waals surface area (Å²) >= 11 is 0. The predicted octanol–water partition coefficient (Wildman–Crippen LogP) is 2.73. The number of aryl methyl sites for hydroxylation is 1. The first-order valence-electron chi connectivity index (χ1n) is 5.26. The number of rotatable bonds is 5. The van der Waals surface area contributed by atoms with Gasteiger partial charge in [0.1, 0.15) is 5.75 Å². The number of benzene rings is 1. The number of alkyl halides is 3. The van der Waals surface area contributed by atoms with Crippen LogP contribution in [0, 0.1) is 0 Å². The zero-order valence-electron chi connectivity index (χ0n) is 9.79. The van der Waals surface area contributed by atoms with Crippen LogP contribution in [0.4, 0.5) is 13.2 Å². The largest absolute Gasteiger partial charge is 0.496 e. The van der Waals surface area contributed by atoms with E-state index in [-0.39, 0.29) is 12.8 Å². The van der Waals surface area contributed by atoms with E-state index in [9.17, 15) is 18.0 Å². The quantitative estimate of drug-likeness (QED) is 0.765. The minimum atomic E-state index is -4.49. The van der Waals surface area contributed by atoms with Gasteiger partial charge < -0.3 is 9.47 Å². The molecule has 0 spiro atoms. The van der Waals surface area contributed by atoms with Crippen molar-refractivity contribution in [2.24, 2.45) is 0 Å². The van der Waals surface area contributed by atoms with Gasteiger partial charge in [-0.15, -0.1) is 0 Å². The van der Waals surface area contributed by atoms with Crippen LogP contribution in [0.5, 0.6) is 5.75 Å². The molecule has 6 heteroatoms. The first-order chi connectivity index (χ1) is 8.42. The SMILES string of the molecule is COc1ccccc1CCC(=O)OCC(F)(F)F. The van der Waals surface area contributed by atoms with Crippen molar-refractivity contribution in [2.75, 3.05) is 13.7 Å². The Balaban J connectivity index is 2.43. The third-order valence-corrected chi connectivity index (χ3v) is 2.19. The predicted molar refractivity (Wildman–Crippen MR) is 58.3 cm³/mol. The topological polar surface area (TPSA) is 35.5 Å². The molecule has 0 aliphatic carbocycles. The fourth-order valence-electron chi connectivity index (χ4n) is 1.38. The molecule has 0 amide bonds. The third kappa shape index (κ3) is 5.07. The Bertz CT molecular complexity index is 402. The van der Waals surface area contributed by atoms with Crippen LogP contribution in [0.1, 0.15) is 12.0 Å². The molecule has 0 saturated heterocycles. The number of carbonyl (C=O) groups is 1. The van der Waals surface area contributed by atoms with Gasteiger partial charge in [-0.05, 0) is 18.1 Å². The first-order valence-corrected chi connectivity index (χ1v) is 5.26. The van der Waals surface area contributed by atoms with Crippen molar-refractivity contribution >= 4 is 5.97 Å². The molecule has 0 N–H and O–H groups in total. The summed E-state index contributed by atoms with van der Waals surface area (Å²) in [6.07, 6.45) is -4.32. The summed E-state index contributed by atoms with van der Waals surface area (Å²) < 4.78 is 44.6. The van der Waals surface area contributed by atoms with Crippen molar-refractivity contribution in [3.63, 3.8) is 0 Å². The Hall–Kier alpha value is -1.72. The lowest BCUT2D eigenvalue weighted by Gasteiger charge is -2.09. The molecule has 0 aromatic heterocycles. The van der Waals surface area contributed by atoms with E-state index < -0.39 is 18.8 Å². The van der Waals surface area contributed by atoms with Crippen LogP contribution in [-0.2, 0) is 16.0 Å². The molecule has 0 heterocycles. The van der Waals surface area contributed by atoms with E-state index in [2.05, 4.69) is 4.74 Å². The molecule has 0 bridgehead atoms. The number of methoxy groups -OCH3 is 1. The van der Waals surface area contributed by atoms with E-state index in [4.69, 9.17) is 4.74 Å². The Morgan fingerprint density at radius 3 is 2.56 bits per heavy atom. The summed E-state index contributed by atoms with van der Waals surface area (Å²) in [5.74, 6) is -0.278. The highest BCUT2D eigenvalue weighted by Gasteiger charge is 2.29. The van der Waals surface area contributed by atoms with E-state index in [0.29, 0.717) is 5.75 Å². The van der Waals surface area contributed by atoms with E-state index in [1.165, 1.54) is 7.11 Å². The number of carbonyl (C=O) groups excluding carboxylic acids is 1. The van der Waals surface area contributed by atoms with Gasteiger partial charge in [-0.25, -0.2) is 0 Å².